The van der Waals surface area contributed by atoms with Crippen molar-refractivity contribution in [2.45, 2.75) is 12.6 Å². The minimum Gasteiger partial charge on any atom is -0.369 e. The van der Waals surface area contributed by atoms with Gasteiger partial charge in [-0.15, -0.1) is 0 Å². The molecule has 1 N–H and O–H groups in total. The number of pyridine rings is 1. The molecule has 21 heavy (non-hydrogen) atoms. The van der Waals surface area contributed by atoms with Gasteiger partial charge in [0.25, 0.3) is 0 Å². The fraction of sp³-hybridized carbons (Fsp3) is 0.462. The summed E-state index contributed by atoms with van der Waals surface area (Å²) in [7, 11) is 1.46. The largest absolute Gasteiger partial charge is 0.401 e. The van der Waals surface area contributed by atoms with Gasteiger partial charge >= 0.3 is 6.18 Å². The lowest BCUT2D eigenvalue weighted by atomic mass is 10.3. The lowest BCUT2D eigenvalue weighted by molar-refractivity contribution is -0.142. The molecule has 114 valence electrons. The number of nitrogens with zero attached hydrogens (tertiary/aromatic N) is 4. The summed E-state index contributed by atoms with van der Waals surface area (Å²) in [6, 6.07) is 1.78. The van der Waals surface area contributed by atoms with Crippen molar-refractivity contribution in [1.82, 2.24) is 19.9 Å². The van der Waals surface area contributed by atoms with Crippen LogP contribution in [0.3, 0.4) is 0 Å². The van der Waals surface area contributed by atoms with Gasteiger partial charge in [-0.25, -0.2) is 15.0 Å². The third kappa shape index (κ3) is 4.82. The summed E-state index contributed by atoms with van der Waals surface area (Å²) in [5, 5.41) is 3.90. The van der Waals surface area contributed by atoms with Crippen LogP contribution >= 0.6 is 0 Å². The molecule has 0 aromatic carbocycles. The highest BCUT2D eigenvalue weighted by atomic mass is 19.4. The molecule has 0 fully saturated rings. The van der Waals surface area contributed by atoms with Crippen molar-refractivity contribution < 1.29 is 13.2 Å². The second kappa shape index (κ2) is 6.66. The van der Waals surface area contributed by atoms with Crippen LogP contribution in [0.15, 0.2) is 24.8 Å². The lowest BCUT2D eigenvalue weighted by Crippen LogP contribution is -2.32. The quantitative estimate of drug-likeness (QED) is 0.830. The lowest BCUT2D eigenvalue weighted by Gasteiger charge is -2.18. The van der Waals surface area contributed by atoms with Gasteiger partial charge < -0.3 is 5.32 Å². The predicted octanol–water partition coefficient (Wildman–Crippen LogP) is 2.32. The first-order valence-corrected chi connectivity index (χ1v) is 6.49. The number of aromatic nitrogens is 3. The van der Waals surface area contributed by atoms with Crippen LogP contribution in [0.1, 0.15) is 6.42 Å². The van der Waals surface area contributed by atoms with Gasteiger partial charge in [0, 0.05) is 18.9 Å². The number of anilines is 1. The molecule has 2 aromatic heterocycles. The molecule has 0 amide bonds. The number of rotatable bonds is 6. The zero-order chi connectivity index (χ0) is 15.3. The van der Waals surface area contributed by atoms with E-state index in [1.807, 2.05) is 0 Å². The Morgan fingerprint density at radius 2 is 2.10 bits per heavy atom. The van der Waals surface area contributed by atoms with E-state index in [1.54, 1.807) is 18.5 Å². The second-order valence-corrected chi connectivity index (χ2v) is 4.75. The van der Waals surface area contributed by atoms with Crippen molar-refractivity contribution in [2.75, 3.05) is 32.0 Å². The van der Waals surface area contributed by atoms with Gasteiger partial charge in [-0.05, 0) is 26.1 Å². The van der Waals surface area contributed by atoms with Crippen molar-refractivity contribution in [1.29, 1.82) is 0 Å². The van der Waals surface area contributed by atoms with Crippen molar-refractivity contribution in [2.24, 2.45) is 0 Å². The van der Waals surface area contributed by atoms with Gasteiger partial charge in [0.2, 0.25) is 0 Å². The van der Waals surface area contributed by atoms with Crippen LogP contribution < -0.4 is 5.32 Å². The third-order valence-corrected chi connectivity index (χ3v) is 2.89. The zero-order valence-corrected chi connectivity index (χ0v) is 11.6. The summed E-state index contributed by atoms with van der Waals surface area (Å²) in [6.45, 7) is -0.00958. The van der Waals surface area contributed by atoms with Crippen LogP contribution in [-0.4, -0.2) is 52.7 Å². The SMILES string of the molecule is CN(CCCNc1nccc2ncncc12)CC(F)(F)F. The predicted molar refractivity (Wildman–Crippen MR) is 74.0 cm³/mol. The molecule has 0 radical (unpaired) electrons. The van der Waals surface area contributed by atoms with E-state index in [0.717, 1.165) is 10.9 Å². The maximum absolute atomic E-state index is 12.2. The third-order valence-electron chi connectivity index (χ3n) is 2.89. The summed E-state index contributed by atoms with van der Waals surface area (Å²) in [4.78, 5) is 13.5. The van der Waals surface area contributed by atoms with Crippen molar-refractivity contribution in [3.05, 3.63) is 24.8 Å². The van der Waals surface area contributed by atoms with Crippen molar-refractivity contribution in [3.8, 4) is 0 Å². The number of alkyl halides is 3. The molecular formula is C13H16F3N5. The van der Waals surface area contributed by atoms with Crippen LogP contribution in [0.4, 0.5) is 19.0 Å². The first-order valence-electron chi connectivity index (χ1n) is 6.49. The summed E-state index contributed by atoms with van der Waals surface area (Å²) in [6.07, 6.45) is 1.17. The Hall–Kier alpha value is -1.96. The van der Waals surface area contributed by atoms with Gasteiger partial charge in [-0.1, -0.05) is 0 Å². The van der Waals surface area contributed by atoms with E-state index in [-0.39, 0.29) is 0 Å². The first kappa shape index (κ1) is 15.4. The molecule has 2 rings (SSSR count). The molecule has 2 aromatic rings. The van der Waals surface area contributed by atoms with Gasteiger partial charge in [-0.3, -0.25) is 4.90 Å². The molecule has 0 spiro atoms. The smallest absolute Gasteiger partial charge is 0.369 e. The molecule has 0 saturated carbocycles. The summed E-state index contributed by atoms with van der Waals surface area (Å²) in [5.41, 5.74) is 0.775. The van der Waals surface area contributed by atoms with Gasteiger partial charge in [-0.2, -0.15) is 13.2 Å². The van der Waals surface area contributed by atoms with Crippen LogP contribution in [-0.2, 0) is 0 Å². The Morgan fingerprint density at radius 1 is 1.29 bits per heavy atom. The first-order chi connectivity index (χ1) is 9.96. The molecule has 0 aliphatic heterocycles. The number of nitrogens with one attached hydrogen (secondary N) is 1. The average molecular weight is 299 g/mol. The van der Waals surface area contributed by atoms with Crippen molar-refractivity contribution >= 4 is 16.7 Å². The Kier molecular flexibility index (Phi) is 4.89. The number of fused-ring (bicyclic) bond motifs is 1. The Balaban J connectivity index is 1.83. The topological polar surface area (TPSA) is 53.9 Å². The fourth-order valence-electron chi connectivity index (χ4n) is 1.99. The van der Waals surface area contributed by atoms with E-state index in [9.17, 15) is 13.2 Å². The second-order valence-electron chi connectivity index (χ2n) is 4.75. The minimum atomic E-state index is -4.16. The Labute approximate surface area is 120 Å². The van der Waals surface area contributed by atoms with Crippen LogP contribution in [0.2, 0.25) is 0 Å². The van der Waals surface area contributed by atoms with Crippen LogP contribution in [0.25, 0.3) is 10.9 Å². The molecule has 0 aliphatic rings. The average Bonchev–Trinajstić information content (AvgIpc) is 2.42. The minimum absolute atomic E-state index is 0.355. The van der Waals surface area contributed by atoms with E-state index in [2.05, 4.69) is 20.3 Å². The zero-order valence-electron chi connectivity index (χ0n) is 11.6. The van der Waals surface area contributed by atoms with Gasteiger partial charge in [0.15, 0.2) is 0 Å². The summed E-state index contributed by atoms with van der Waals surface area (Å²) >= 11 is 0. The van der Waals surface area contributed by atoms with Crippen molar-refractivity contribution in [3.63, 3.8) is 0 Å². The van der Waals surface area contributed by atoms with Gasteiger partial charge in [0.05, 0.1) is 17.4 Å². The van der Waals surface area contributed by atoms with E-state index in [1.165, 1.54) is 18.3 Å². The fourth-order valence-corrected chi connectivity index (χ4v) is 1.99. The maximum atomic E-state index is 12.2. The monoisotopic (exact) mass is 299 g/mol. The number of hydrogen-bond acceptors (Lipinski definition) is 5. The summed E-state index contributed by atoms with van der Waals surface area (Å²) < 4.78 is 36.5. The number of hydrogen-bond donors (Lipinski definition) is 1. The maximum Gasteiger partial charge on any atom is 0.401 e. The Bertz CT molecular complexity index is 582. The van der Waals surface area contributed by atoms with E-state index >= 15 is 0 Å². The van der Waals surface area contributed by atoms with Crippen LogP contribution in [0.5, 0.6) is 0 Å². The number of halogens is 3. The molecule has 0 unspecified atom stereocenters. The van der Waals surface area contributed by atoms with Gasteiger partial charge in [0.1, 0.15) is 12.1 Å². The van der Waals surface area contributed by atoms with E-state index < -0.39 is 12.7 Å². The molecule has 0 saturated heterocycles. The molecule has 2 heterocycles. The summed E-state index contributed by atoms with van der Waals surface area (Å²) in [5.74, 6) is 0.645. The highest BCUT2D eigenvalue weighted by molar-refractivity contribution is 5.87. The van der Waals surface area contributed by atoms with Crippen LogP contribution in [0, 0.1) is 0 Å². The van der Waals surface area contributed by atoms with E-state index in [0.29, 0.717) is 25.3 Å². The standard InChI is InChI=1S/C13H16F3N5/c1-21(8-13(14,15)16)6-2-4-18-12-10-7-17-9-20-11(10)3-5-19-12/h3,5,7,9H,2,4,6,8H2,1H3,(H,18,19). The molecule has 0 aliphatic carbocycles. The molecular weight excluding hydrogens is 283 g/mol. The molecule has 0 bridgehead atoms. The molecule has 8 heteroatoms. The molecule has 0 atom stereocenters. The molecule has 5 nitrogen and oxygen atoms in total. The van der Waals surface area contributed by atoms with E-state index in [4.69, 9.17) is 0 Å². The Morgan fingerprint density at radius 3 is 2.86 bits per heavy atom. The highest BCUT2D eigenvalue weighted by Crippen LogP contribution is 2.18. The highest BCUT2D eigenvalue weighted by Gasteiger charge is 2.28. The normalized spacial score (nSPS) is 12.0.